The van der Waals surface area contributed by atoms with Gasteiger partial charge in [-0.1, -0.05) is 35.5 Å². The number of halogens is 1. The Morgan fingerprint density at radius 3 is 2.54 bits per heavy atom. The summed E-state index contributed by atoms with van der Waals surface area (Å²) in [7, 11) is 0. The monoisotopic (exact) mass is 379 g/mol. The van der Waals surface area contributed by atoms with Crippen LogP contribution < -0.4 is 0 Å². The van der Waals surface area contributed by atoms with Crippen molar-refractivity contribution in [2.75, 3.05) is 13.1 Å². The summed E-state index contributed by atoms with van der Waals surface area (Å²) in [4.78, 5) is 31.1. The lowest BCUT2D eigenvalue weighted by molar-refractivity contribution is 0.0703. The molecule has 28 heavy (non-hydrogen) atoms. The van der Waals surface area contributed by atoms with Gasteiger partial charge in [-0.3, -0.25) is 9.59 Å². The third-order valence-electron chi connectivity index (χ3n) is 4.84. The Morgan fingerprint density at radius 1 is 1.04 bits per heavy atom. The molecule has 0 unspecified atom stereocenters. The van der Waals surface area contributed by atoms with E-state index in [-0.39, 0.29) is 29.3 Å². The number of hydrogen-bond acceptors (Lipinski definition) is 5. The molecule has 1 aliphatic heterocycles. The van der Waals surface area contributed by atoms with Gasteiger partial charge >= 0.3 is 0 Å². The third-order valence-corrected chi connectivity index (χ3v) is 4.84. The minimum Gasteiger partial charge on any atom is -0.338 e. The molecule has 0 saturated carbocycles. The van der Waals surface area contributed by atoms with E-state index >= 15 is 0 Å². The standard InChI is InChI=1S/C21H18FN3O3/c22-17-10-8-15(9-11-17)21(27)25-12-4-7-16(13-25)19-23-20(28-24-19)18(26)14-5-2-1-3-6-14/h1-3,5-6,8-11,16H,4,7,12-13H2/t16-/m0/s1. The summed E-state index contributed by atoms with van der Waals surface area (Å²) in [5, 5.41) is 3.97. The number of likely N-dealkylation sites (tertiary alicyclic amines) is 1. The fourth-order valence-electron chi connectivity index (χ4n) is 3.35. The summed E-state index contributed by atoms with van der Waals surface area (Å²) in [6.45, 7) is 1.04. The molecule has 6 nitrogen and oxygen atoms in total. The van der Waals surface area contributed by atoms with Crippen LogP contribution in [-0.2, 0) is 0 Å². The van der Waals surface area contributed by atoms with Crippen molar-refractivity contribution in [2.24, 2.45) is 0 Å². The highest BCUT2D eigenvalue weighted by atomic mass is 19.1. The Labute approximate surface area is 161 Å². The molecule has 1 fully saturated rings. The van der Waals surface area contributed by atoms with Crippen molar-refractivity contribution in [2.45, 2.75) is 18.8 Å². The summed E-state index contributed by atoms with van der Waals surface area (Å²) in [6, 6.07) is 14.2. The molecule has 0 aliphatic carbocycles. The molecule has 4 rings (SSSR count). The maximum atomic E-state index is 13.1. The second kappa shape index (κ2) is 7.72. The van der Waals surface area contributed by atoms with Gasteiger partial charge in [0.05, 0.1) is 0 Å². The molecule has 0 spiro atoms. The van der Waals surface area contributed by atoms with Crippen LogP contribution in [0.5, 0.6) is 0 Å². The predicted molar refractivity (Wildman–Crippen MR) is 98.5 cm³/mol. The van der Waals surface area contributed by atoms with Crippen LogP contribution in [0.25, 0.3) is 0 Å². The molecular weight excluding hydrogens is 361 g/mol. The average Bonchev–Trinajstić information content (AvgIpc) is 3.24. The van der Waals surface area contributed by atoms with Gasteiger partial charge in [-0.25, -0.2) is 4.39 Å². The zero-order valence-electron chi connectivity index (χ0n) is 15.0. The number of rotatable bonds is 4. The first kappa shape index (κ1) is 18.0. The van der Waals surface area contributed by atoms with E-state index in [1.165, 1.54) is 24.3 Å². The number of aromatic nitrogens is 2. The molecule has 2 aromatic carbocycles. The van der Waals surface area contributed by atoms with Gasteiger partial charge in [0.2, 0.25) is 0 Å². The first-order valence-electron chi connectivity index (χ1n) is 9.10. The van der Waals surface area contributed by atoms with Crippen LogP contribution >= 0.6 is 0 Å². The van der Waals surface area contributed by atoms with E-state index in [2.05, 4.69) is 10.1 Å². The fraction of sp³-hybridized carbons (Fsp3) is 0.238. The lowest BCUT2D eigenvalue weighted by atomic mass is 9.96. The summed E-state index contributed by atoms with van der Waals surface area (Å²) in [6.07, 6.45) is 1.58. The number of carbonyl (C=O) groups excluding carboxylic acids is 2. The van der Waals surface area contributed by atoms with Gasteiger partial charge in [-0.15, -0.1) is 0 Å². The summed E-state index contributed by atoms with van der Waals surface area (Å²) >= 11 is 0. The Morgan fingerprint density at radius 2 is 1.79 bits per heavy atom. The van der Waals surface area contributed by atoms with E-state index in [4.69, 9.17) is 4.52 Å². The van der Waals surface area contributed by atoms with E-state index in [9.17, 15) is 14.0 Å². The molecular formula is C21H18FN3O3. The van der Waals surface area contributed by atoms with Gasteiger partial charge < -0.3 is 9.42 Å². The number of amides is 1. The molecule has 1 aromatic heterocycles. The Kier molecular flexibility index (Phi) is 4.97. The van der Waals surface area contributed by atoms with Crippen molar-refractivity contribution in [1.82, 2.24) is 15.0 Å². The largest absolute Gasteiger partial charge is 0.338 e. The van der Waals surface area contributed by atoms with Crippen LogP contribution in [0.15, 0.2) is 59.1 Å². The van der Waals surface area contributed by atoms with E-state index in [1.807, 2.05) is 6.07 Å². The maximum Gasteiger partial charge on any atom is 0.299 e. The Hall–Kier alpha value is -3.35. The fourth-order valence-corrected chi connectivity index (χ4v) is 3.35. The zero-order chi connectivity index (χ0) is 19.5. The lowest BCUT2D eigenvalue weighted by Crippen LogP contribution is -2.39. The number of piperidine rings is 1. The summed E-state index contributed by atoms with van der Waals surface area (Å²) < 4.78 is 18.3. The Balaban J connectivity index is 1.48. The molecule has 0 N–H and O–H groups in total. The molecule has 1 saturated heterocycles. The van der Waals surface area contributed by atoms with Crippen molar-refractivity contribution in [1.29, 1.82) is 0 Å². The van der Waals surface area contributed by atoms with Crippen LogP contribution in [0.3, 0.4) is 0 Å². The molecule has 2 heterocycles. The quantitative estimate of drug-likeness (QED) is 0.649. The van der Waals surface area contributed by atoms with Crippen LogP contribution in [-0.4, -0.2) is 39.8 Å². The van der Waals surface area contributed by atoms with Gasteiger partial charge in [-0.05, 0) is 37.1 Å². The summed E-state index contributed by atoms with van der Waals surface area (Å²) in [5.74, 6) is -0.600. The molecule has 3 aromatic rings. The Bertz CT molecular complexity index is 986. The van der Waals surface area contributed by atoms with Gasteiger partial charge in [0.1, 0.15) is 5.82 Å². The second-order valence-corrected chi connectivity index (χ2v) is 6.75. The van der Waals surface area contributed by atoms with Gasteiger partial charge in [0, 0.05) is 30.1 Å². The number of ketones is 1. The van der Waals surface area contributed by atoms with Crippen molar-refractivity contribution >= 4 is 11.7 Å². The molecule has 0 radical (unpaired) electrons. The SMILES string of the molecule is O=C(c1ccccc1)c1nc([C@H]2CCCN(C(=O)c3ccc(F)cc3)C2)no1. The minimum atomic E-state index is -0.379. The van der Waals surface area contributed by atoms with Gasteiger partial charge in [0.15, 0.2) is 5.82 Å². The normalized spacial score (nSPS) is 16.8. The third kappa shape index (κ3) is 3.69. The highest BCUT2D eigenvalue weighted by molar-refractivity contribution is 6.05. The van der Waals surface area contributed by atoms with E-state index in [0.717, 1.165) is 12.8 Å². The molecule has 7 heteroatoms. The van der Waals surface area contributed by atoms with Crippen molar-refractivity contribution in [3.05, 3.63) is 83.3 Å². The first-order chi connectivity index (χ1) is 13.6. The van der Waals surface area contributed by atoms with E-state index in [1.54, 1.807) is 29.2 Å². The van der Waals surface area contributed by atoms with Crippen LogP contribution in [0.2, 0.25) is 0 Å². The second-order valence-electron chi connectivity index (χ2n) is 6.75. The average molecular weight is 379 g/mol. The number of carbonyl (C=O) groups is 2. The summed E-state index contributed by atoms with van der Waals surface area (Å²) in [5.41, 5.74) is 0.921. The van der Waals surface area contributed by atoms with Crippen molar-refractivity contribution < 1.29 is 18.5 Å². The number of benzene rings is 2. The van der Waals surface area contributed by atoms with Gasteiger partial charge in [-0.2, -0.15) is 4.98 Å². The van der Waals surface area contributed by atoms with E-state index in [0.29, 0.717) is 30.0 Å². The minimum absolute atomic E-state index is 0.0526. The number of hydrogen-bond donors (Lipinski definition) is 0. The first-order valence-corrected chi connectivity index (χ1v) is 9.10. The maximum absolute atomic E-state index is 13.1. The molecule has 0 bridgehead atoms. The van der Waals surface area contributed by atoms with Crippen molar-refractivity contribution in [3.8, 4) is 0 Å². The molecule has 1 amide bonds. The number of nitrogens with zero attached hydrogens (tertiary/aromatic N) is 3. The molecule has 1 atom stereocenters. The van der Waals surface area contributed by atoms with Crippen LogP contribution in [0.4, 0.5) is 4.39 Å². The van der Waals surface area contributed by atoms with E-state index < -0.39 is 0 Å². The lowest BCUT2D eigenvalue weighted by Gasteiger charge is -2.31. The highest BCUT2D eigenvalue weighted by Gasteiger charge is 2.29. The molecule has 142 valence electrons. The zero-order valence-corrected chi connectivity index (χ0v) is 15.0. The van der Waals surface area contributed by atoms with Crippen LogP contribution in [0, 0.1) is 5.82 Å². The van der Waals surface area contributed by atoms with Crippen LogP contribution in [0.1, 0.15) is 51.2 Å². The van der Waals surface area contributed by atoms with Gasteiger partial charge in [0.25, 0.3) is 17.6 Å². The predicted octanol–water partition coefficient (Wildman–Crippen LogP) is 3.46. The highest BCUT2D eigenvalue weighted by Crippen LogP contribution is 2.26. The molecule has 1 aliphatic rings. The smallest absolute Gasteiger partial charge is 0.299 e. The van der Waals surface area contributed by atoms with Crippen molar-refractivity contribution in [3.63, 3.8) is 0 Å². The topological polar surface area (TPSA) is 76.3 Å².